The third kappa shape index (κ3) is 2.61. The van der Waals surface area contributed by atoms with Crippen LogP contribution < -0.4 is 5.32 Å². The van der Waals surface area contributed by atoms with Crippen LogP contribution >= 0.6 is 0 Å². The van der Waals surface area contributed by atoms with E-state index in [1.54, 1.807) is 7.11 Å². The minimum atomic E-state index is -0.338. The van der Waals surface area contributed by atoms with Crippen molar-refractivity contribution in [1.82, 2.24) is 15.5 Å². The molecule has 1 aromatic heterocycles. The second kappa shape index (κ2) is 5.11. The van der Waals surface area contributed by atoms with Gasteiger partial charge in [0.15, 0.2) is 0 Å². The van der Waals surface area contributed by atoms with Crippen LogP contribution in [0.1, 0.15) is 51.2 Å². The number of nitrogens with zero attached hydrogens (tertiary/aromatic N) is 2. The smallest absolute Gasteiger partial charge is 0.227 e. The Morgan fingerprint density at radius 2 is 1.95 bits per heavy atom. The Hall–Kier alpha value is -0.940. The number of rotatable bonds is 4. The highest BCUT2D eigenvalue weighted by molar-refractivity contribution is 5.05. The maximum Gasteiger partial charge on any atom is 0.227 e. The largest absolute Gasteiger partial charge is 0.370 e. The van der Waals surface area contributed by atoms with Crippen LogP contribution in [0.3, 0.4) is 0 Å². The van der Waals surface area contributed by atoms with Gasteiger partial charge in [0.25, 0.3) is 0 Å². The Bertz CT molecular complexity index is 455. The molecule has 1 saturated carbocycles. The predicted molar refractivity (Wildman–Crippen MR) is 75.3 cm³/mol. The van der Waals surface area contributed by atoms with E-state index < -0.39 is 0 Å². The lowest BCUT2D eigenvalue weighted by atomic mass is 9.70. The van der Waals surface area contributed by atoms with Crippen molar-refractivity contribution in [1.29, 1.82) is 0 Å². The van der Waals surface area contributed by atoms with Gasteiger partial charge >= 0.3 is 0 Å². The van der Waals surface area contributed by atoms with E-state index in [4.69, 9.17) is 9.26 Å². The lowest BCUT2D eigenvalue weighted by Gasteiger charge is -2.40. The second-order valence-corrected chi connectivity index (χ2v) is 7.10. The van der Waals surface area contributed by atoms with Crippen molar-refractivity contribution in [3.8, 4) is 0 Å². The van der Waals surface area contributed by atoms with Crippen LogP contribution in [-0.4, -0.2) is 30.3 Å². The first-order valence-corrected chi connectivity index (χ1v) is 7.62. The van der Waals surface area contributed by atoms with Gasteiger partial charge < -0.3 is 14.6 Å². The molecule has 0 unspecified atom stereocenters. The quantitative estimate of drug-likeness (QED) is 0.916. The summed E-state index contributed by atoms with van der Waals surface area (Å²) in [7, 11) is 1.77. The zero-order valence-electron chi connectivity index (χ0n) is 12.7. The van der Waals surface area contributed by atoms with Crippen molar-refractivity contribution >= 4 is 0 Å². The van der Waals surface area contributed by atoms with Gasteiger partial charge in [0.1, 0.15) is 5.60 Å². The topological polar surface area (TPSA) is 60.2 Å². The van der Waals surface area contributed by atoms with Gasteiger partial charge in [-0.25, -0.2) is 0 Å². The summed E-state index contributed by atoms with van der Waals surface area (Å²) in [6.07, 6.45) is 5.10. The third-order valence-corrected chi connectivity index (χ3v) is 5.01. The van der Waals surface area contributed by atoms with Crippen LogP contribution in [0.5, 0.6) is 0 Å². The van der Waals surface area contributed by atoms with E-state index in [0.717, 1.165) is 56.9 Å². The van der Waals surface area contributed by atoms with Crippen molar-refractivity contribution < 1.29 is 9.26 Å². The summed E-state index contributed by atoms with van der Waals surface area (Å²) >= 11 is 0. The van der Waals surface area contributed by atoms with E-state index in [0.29, 0.717) is 11.3 Å². The number of nitrogens with one attached hydrogen (secondary N) is 1. The summed E-state index contributed by atoms with van der Waals surface area (Å²) in [5, 5.41) is 7.48. The molecule has 1 aromatic rings. The minimum Gasteiger partial charge on any atom is -0.370 e. The Morgan fingerprint density at radius 3 is 2.50 bits per heavy atom. The molecular weight excluding hydrogens is 254 g/mol. The molecule has 2 heterocycles. The second-order valence-electron chi connectivity index (χ2n) is 7.10. The average molecular weight is 279 g/mol. The van der Waals surface area contributed by atoms with E-state index >= 15 is 0 Å². The first-order chi connectivity index (χ1) is 9.53. The molecule has 5 nitrogen and oxygen atoms in total. The molecule has 0 aromatic carbocycles. The SMILES string of the molecule is COC1(c2noc(CC3CNC3)n2)CCC(C)(C)CC1. The Kier molecular flexibility index (Phi) is 3.58. The van der Waals surface area contributed by atoms with Crippen LogP contribution in [0.25, 0.3) is 0 Å². The highest BCUT2D eigenvalue weighted by Gasteiger charge is 2.43. The standard InChI is InChI=1S/C15H25N3O2/c1-14(2)4-6-15(19-3,7-5-14)13-17-12(20-18-13)8-11-9-16-10-11/h11,16H,4-10H2,1-3H3. The molecule has 0 amide bonds. The molecule has 1 N–H and O–H groups in total. The Balaban J connectivity index is 1.72. The van der Waals surface area contributed by atoms with E-state index in [2.05, 4.69) is 29.3 Å². The summed E-state index contributed by atoms with van der Waals surface area (Å²) < 4.78 is 11.3. The predicted octanol–water partition coefficient (Wildman–Crippen LogP) is 2.27. The maximum absolute atomic E-state index is 5.82. The van der Waals surface area contributed by atoms with Crippen LogP contribution in [0.4, 0.5) is 0 Å². The van der Waals surface area contributed by atoms with Gasteiger partial charge in [-0.05, 0) is 50.1 Å². The molecule has 1 aliphatic carbocycles. The molecule has 0 spiro atoms. The van der Waals surface area contributed by atoms with Crippen molar-refractivity contribution in [3.05, 3.63) is 11.7 Å². The Morgan fingerprint density at radius 1 is 1.25 bits per heavy atom. The number of ether oxygens (including phenoxy) is 1. The molecule has 1 saturated heterocycles. The summed E-state index contributed by atoms with van der Waals surface area (Å²) in [6.45, 7) is 6.75. The maximum atomic E-state index is 5.82. The van der Waals surface area contributed by atoms with E-state index in [-0.39, 0.29) is 5.60 Å². The van der Waals surface area contributed by atoms with Gasteiger partial charge in [-0.3, -0.25) is 0 Å². The molecule has 5 heteroatoms. The number of hydrogen-bond acceptors (Lipinski definition) is 5. The monoisotopic (exact) mass is 279 g/mol. The van der Waals surface area contributed by atoms with Crippen LogP contribution in [0.2, 0.25) is 0 Å². The normalized spacial score (nSPS) is 25.4. The van der Waals surface area contributed by atoms with E-state index in [1.807, 2.05) is 0 Å². The lowest BCUT2D eigenvalue weighted by Crippen LogP contribution is -2.43. The van der Waals surface area contributed by atoms with Gasteiger partial charge in [0.2, 0.25) is 11.7 Å². The minimum absolute atomic E-state index is 0.338. The van der Waals surface area contributed by atoms with Crippen molar-refractivity contribution in [2.75, 3.05) is 20.2 Å². The van der Waals surface area contributed by atoms with Crippen LogP contribution in [0.15, 0.2) is 4.52 Å². The number of methoxy groups -OCH3 is 1. The summed E-state index contributed by atoms with van der Waals surface area (Å²) in [4.78, 5) is 4.62. The molecule has 0 atom stereocenters. The molecular formula is C15H25N3O2. The third-order valence-electron chi connectivity index (χ3n) is 5.01. The molecule has 0 bridgehead atoms. The zero-order valence-corrected chi connectivity index (χ0v) is 12.7. The summed E-state index contributed by atoms with van der Waals surface area (Å²) in [5.74, 6) is 2.15. The highest BCUT2D eigenvalue weighted by atomic mass is 16.5. The van der Waals surface area contributed by atoms with Crippen molar-refractivity contribution in [3.63, 3.8) is 0 Å². The van der Waals surface area contributed by atoms with Gasteiger partial charge in [-0.2, -0.15) is 4.98 Å². The Labute approximate surface area is 120 Å². The molecule has 20 heavy (non-hydrogen) atoms. The highest BCUT2D eigenvalue weighted by Crippen LogP contribution is 2.46. The fourth-order valence-corrected chi connectivity index (χ4v) is 3.11. The van der Waals surface area contributed by atoms with Crippen LogP contribution in [-0.2, 0) is 16.8 Å². The van der Waals surface area contributed by atoms with Crippen molar-refractivity contribution in [2.45, 2.75) is 51.6 Å². The average Bonchev–Trinajstić information content (AvgIpc) is 2.84. The fraction of sp³-hybridized carbons (Fsp3) is 0.867. The number of hydrogen-bond donors (Lipinski definition) is 1. The van der Waals surface area contributed by atoms with E-state index in [9.17, 15) is 0 Å². The first kappa shape index (κ1) is 14.0. The molecule has 3 rings (SSSR count). The van der Waals surface area contributed by atoms with Crippen LogP contribution in [0, 0.1) is 11.3 Å². The van der Waals surface area contributed by atoms with Gasteiger partial charge in [-0.15, -0.1) is 0 Å². The summed E-state index contributed by atoms with van der Waals surface area (Å²) in [5.41, 5.74) is 0.0569. The van der Waals surface area contributed by atoms with Gasteiger partial charge in [0.05, 0.1) is 0 Å². The van der Waals surface area contributed by atoms with Gasteiger partial charge in [-0.1, -0.05) is 19.0 Å². The molecule has 1 aliphatic heterocycles. The molecule has 112 valence electrons. The fourth-order valence-electron chi connectivity index (χ4n) is 3.11. The van der Waals surface area contributed by atoms with E-state index in [1.165, 1.54) is 0 Å². The van der Waals surface area contributed by atoms with Crippen molar-refractivity contribution in [2.24, 2.45) is 11.3 Å². The zero-order chi connectivity index (χ0) is 14.2. The lowest BCUT2D eigenvalue weighted by molar-refractivity contribution is -0.0740. The van der Waals surface area contributed by atoms with Gasteiger partial charge in [0, 0.05) is 13.5 Å². The molecule has 2 aliphatic rings. The number of aromatic nitrogens is 2. The molecule has 0 radical (unpaired) electrons. The molecule has 2 fully saturated rings. The first-order valence-electron chi connectivity index (χ1n) is 7.62. The summed E-state index contributed by atoms with van der Waals surface area (Å²) in [6, 6.07) is 0.